The minimum atomic E-state index is -4.04. The van der Waals surface area contributed by atoms with E-state index in [0.29, 0.717) is 12.2 Å². The first-order valence-electron chi connectivity index (χ1n) is 11.7. The number of hydrogen-bond acceptors (Lipinski definition) is 4. The van der Waals surface area contributed by atoms with Gasteiger partial charge >= 0.3 is 0 Å². The Hall–Kier alpha value is -3.17. The van der Waals surface area contributed by atoms with Crippen LogP contribution < -0.4 is 9.62 Å². The molecule has 0 heterocycles. The Bertz CT molecular complexity index is 1250. The Morgan fingerprint density at radius 3 is 2.08 bits per heavy atom. The molecule has 0 spiro atoms. The van der Waals surface area contributed by atoms with E-state index in [-0.39, 0.29) is 17.3 Å². The maximum absolute atomic E-state index is 13.7. The lowest BCUT2D eigenvalue weighted by molar-refractivity contribution is -0.139. The van der Waals surface area contributed by atoms with Gasteiger partial charge in [-0.15, -0.1) is 0 Å². The number of anilines is 1. The lowest BCUT2D eigenvalue weighted by Crippen LogP contribution is -2.51. The second-order valence-corrected chi connectivity index (χ2v) is 11.1. The van der Waals surface area contributed by atoms with Crippen LogP contribution in [0.1, 0.15) is 25.8 Å². The topological polar surface area (TPSA) is 86.8 Å². The van der Waals surface area contributed by atoms with Crippen molar-refractivity contribution in [2.45, 2.75) is 37.8 Å². The van der Waals surface area contributed by atoms with Crippen LogP contribution in [0.4, 0.5) is 5.69 Å². The molecule has 0 aliphatic heterocycles. The van der Waals surface area contributed by atoms with Crippen LogP contribution in [0.2, 0.25) is 0 Å². The molecule has 36 heavy (non-hydrogen) atoms. The SMILES string of the molecule is CCCNC(=O)[C@H](C)N(Cc1ccc(Br)cc1)C(=O)CN(c1ccccc1)S(=O)(=O)c1ccccc1. The van der Waals surface area contributed by atoms with Gasteiger partial charge in [-0.3, -0.25) is 13.9 Å². The van der Waals surface area contributed by atoms with Gasteiger partial charge in [0, 0.05) is 17.6 Å². The minimum absolute atomic E-state index is 0.0786. The maximum atomic E-state index is 13.7. The monoisotopic (exact) mass is 571 g/mol. The summed E-state index contributed by atoms with van der Waals surface area (Å²) in [5.74, 6) is -0.778. The molecule has 3 rings (SSSR count). The molecule has 0 aliphatic rings. The van der Waals surface area contributed by atoms with Crippen molar-refractivity contribution in [3.63, 3.8) is 0 Å². The van der Waals surface area contributed by atoms with Crippen LogP contribution in [0.25, 0.3) is 0 Å². The second-order valence-electron chi connectivity index (χ2n) is 8.28. The number of amides is 2. The molecule has 0 radical (unpaired) electrons. The van der Waals surface area contributed by atoms with Crippen molar-refractivity contribution < 1.29 is 18.0 Å². The minimum Gasteiger partial charge on any atom is -0.354 e. The van der Waals surface area contributed by atoms with Gasteiger partial charge in [-0.2, -0.15) is 0 Å². The first-order valence-corrected chi connectivity index (χ1v) is 13.9. The number of benzene rings is 3. The van der Waals surface area contributed by atoms with Gasteiger partial charge in [0.2, 0.25) is 11.8 Å². The zero-order valence-corrected chi connectivity index (χ0v) is 22.7. The van der Waals surface area contributed by atoms with Crippen molar-refractivity contribution >= 4 is 43.5 Å². The number of carbonyl (C=O) groups excluding carboxylic acids is 2. The number of nitrogens with one attached hydrogen (secondary N) is 1. The van der Waals surface area contributed by atoms with E-state index in [0.717, 1.165) is 20.8 Å². The molecule has 0 saturated carbocycles. The standard InChI is InChI=1S/C27H30BrN3O4S/c1-3-18-29-27(33)21(2)30(19-22-14-16-23(28)17-15-22)26(32)20-31(24-10-6-4-7-11-24)36(34,35)25-12-8-5-9-13-25/h4-17,21H,3,18-20H2,1-2H3,(H,29,33)/t21-/m0/s1. The highest BCUT2D eigenvalue weighted by Crippen LogP contribution is 2.24. The smallest absolute Gasteiger partial charge is 0.264 e. The van der Waals surface area contributed by atoms with Crippen molar-refractivity contribution in [3.8, 4) is 0 Å². The average molecular weight is 573 g/mol. The lowest BCUT2D eigenvalue weighted by atomic mass is 10.1. The van der Waals surface area contributed by atoms with Crippen LogP contribution in [0, 0.1) is 0 Å². The van der Waals surface area contributed by atoms with Gasteiger partial charge in [0.25, 0.3) is 10.0 Å². The number of rotatable bonds is 11. The van der Waals surface area contributed by atoms with Crippen LogP contribution >= 0.6 is 15.9 Å². The van der Waals surface area contributed by atoms with Gasteiger partial charge in [0.05, 0.1) is 10.6 Å². The van der Waals surface area contributed by atoms with Crippen molar-refractivity contribution in [1.29, 1.82) is 0 Å². The largest absolute Gasteiger partial charge is 0.354 e. The fraction of sp³-hybridized carbons (Fsp3) is 0.259. The molecule has 9 heteroatoms. The average Bonchev–Trinajstić information content (AvgIpc) is 2.90. The highest BCUT2D eigenvalue weighted by Gasteiger charge is 2.32. The van der Waals surface area contributed by atoms with Gasteiger partial charge in [0.1, 0.15) is 12.6 Å². The van der Waals surface area contributed by atoms with Crippen LogP contribution in [-0.4, -0.2) is 44.3 Å². The van der Waals surface area contributed by atoms with Gasteiger partial charge in [-0.05, 0) is 55.3 Å². The molecule has 190 valence electrons. The van der Waals surface area contributed by atoms with E-state index in [2.05, 4.69) is 21.2 Å². The van der Waals surface area contributed by atoms with E-state index in [9.17, 15) is 18.0 Å². The van der Waals surface area contributed by atoms with E-state index in [1.165, 1.54) is 17.0 Å². The molecule has 0 aliphatic carbocycles. The number of para-hydroxylation sites is 1. The third kappa shape index (κ3) is 6.95. The van der Waals surface area contributed by atoms with Crippen molar-refractivity contribution in [3.05, 3.63) is 95.0 Å². The number of hydrogen-bond donors (Lipinski definition) is 1. The Morgan fingerprint density at radius 1 is 0.917 bits per heavy atom. The van der Waals surface area contributed by atoms with Crippen LogP contribution in [-0.2, 0) is 26.2 Å². The molecule has 1 atom stereocenters. The third-order valence-corrected chi connectivity index (χ3v) is 7.95. The molecule has 7 nitrogen and oxygen atoms in total. The number of nitrogens with zero attached hydrogens (tertiary/aromatic N) is 2. The summed E-state index contributed by atoms with van der Waals surface area (Å²) in [5, 5.41) is 2.83. The molecule has 2 amide bonds. The zero-order chi connectivity index (χ0) is 26.1. The summed E-state index contributed by atoms with van der Waals surface area (Å²) >= 11 is 3.41. The molecule has 3 aromatic rings. The van der Waals surface area contributed by atoms with Crippen molar-refractivity contribution in [2.24, 2.45) is 0 Å². The summed E-state index contributed by atoms with van der Waals surface area (Å²) in [5.41, 5.74) is 1.18. The second kappa shape index (κ2) is 12.7. The summed E-state index contributed by atoms with van der Waals surface area (Å²) in [4.78, 5) is 28.0. The van der Waals surface area contributed by atoms with Crippen LogP contribution in [0.5, 0.6) is 0 Å². The molecule has 0 fully saturated rings. The number of halogens is 1. The van der Waals surface area contributed by atoms with Crippen molar-refractivity contribution in [2.75, 3.05) is 17.4 Å². The molecular formula is C27H30BrN3O4S. The van der Waals surface area contributed by atoms with Gasteiger partial charge < -0.3 is 10.2 Å². The Morgan fingerprint density at radius 2 is 1.50 bits per heavy atom. The predicted molar refractivity (Wildman–Crippen MR) is 145 cm³/mol. The summed E-state index contributed by atoms with van der Waals surface area (Å²) in [6.07, 6.45) is 0.760. The molecular weight excluding hydrogens is 542 g/mol. The van der Waals surface area contributed by atoms with E-state index in [1.54, 1.807) is 55.5 Å². The summed E-state index contributed by atoms with van der Waals surface area (Å²) in [6, 6.07) is 23.1. The van der Waals surface area contributed by atoms with Crippen molar-refractivity contribution in [1.82, 2.24) is 10.2 Å². The molecule has 3 aromatic carbocycles. The number of sulfonamides is 1. The quantitative estimate of drug-likeness (QED) is 0.364. The Balaban J connectivity index is 1.97. The summed E-state index contributed by atoms with van der Waals surface area (Å²) in [6.45, 7) is 3.79. The van der Waals surface area contributed by atoms with Gasteiger partial charge in [-0.1, -0.05) is 71.4 Å². The molecule has 0 unspecified atom stereocenters. The van der Waals surface area contributed by atoms with E-state index in [1.807, 2.05) is 31.2 Å². The predicted octanol–water partition coefficient (Wildman–Crippen LogP) is 4.59. The summed E-state index contributed by atoms with van der Waals surface area (Å²) in [7, 11) is -4.04. The summed E-state index contributed by atoms with van der Waals surface area (Å²) < 4.78 is 29.2. The molecule has 1 N–H and O–H groups in total. The van der Waals surface area contributed by atoms with Gasteiger partial charge in [0.15, 0.2) is 0 Å². The molecule has 0 saturated heterocycles. The van der Waals surface area contributed by atoms with E-state index in [4.69, 9.17) is 0 Å². The molecule has 0 bridgehead atoms. The zero-order valence-electron chi connectivity index (χ0n) is 20.3. The highest BCUT2D eigenvalue weighted by atomic mass is 79.9. The fourth-order valence-corrected chi connectivity index (χ4v) is 5.31. The first-order chi connectivity index (χ1) is 17.2. The lowest BCUT2D eigenvalue weighted by Gasteiger charge is -2.32. The number of carbonyl (C=O) groups is 2. The maximum Gasteiger partial charge on any atom is 0.264 e. The van der Waals surface area contributed by atoms with E-state index < -0.39 is 28.5 Å². The van der Waals surface area contributed by atoms with E-state index >= 15 is 0 Å². The van der Waals surface area contributed by atoms with Gasteiger partial charge in [-0.25, -0.2) is 8.42 Å². The normalized spacial score (nSPS) is 12.0. The van der Waals surface area contributed by atoms with Crippen LogP contribution in [0.15, 0.2) is 94.3 Å². The van der Waals surface area contributed by atoms with Crippen LogP contribution in [0.3, 0.4) is 0 Å². The Labute approximate surface area is 221 Å². The first kappa shape index (κ1) is 27.4. The fourth-order valence-electron chi connectivity index (χ4n) is 3.61. The highest BCUT2D eigenvalue weighted by molar-refractivity contribution is 9.10. The Kier molecular flexibility index (Phi) is 9.66. The molecule has 0 aromatic heterocycles. The third-order valence-electron chi connectivity index (χ3n) is 5.64.